The van der Waals surface area contributed by atoms with Gasteiger partial charge in [-0.15, -0.1) is 0 Å². The van der Waals surface area contributed by atoms with Crippen molar-refractivity contribution in [3.05, 3.63) is 59.2 Å². The lowest BCUT2D eigenvalue weighted by Gasteiger charge is -2.53. The van der Waals surface area contributed by atoms with E-state index in [-0.39, 0.29) is 11.9 Å². The van der Waals surface area contributed by atoms with Crippen molar-refractivity contribution in [2.45, 2.75) is 44.8 Å². The number of carbonyl (C=O) groups excluding carboxylic acids is 2. The van der Waals surface area contributed by atoms with Crippen molar-refractivity contribution in [2.24, 2.45) is 4.99 Å². The van der Waals surface area contributed by atoms with Crippen LogP contribution in [0.5, 0.6) is 0 Å². The zero-order valence-electron chi connectivity index (χ0n) is 19.2. The van der Waals surface area contributed by atoms with Gasteiger partial charge in [-0.05, 0) is 56.0 Å². The van der Waals surface area contributed by atoms with Crippen molar-refractivity contribution in [3.8, 4) is 0 Å². The maximum Gasteiger partial charge on any atom is 0.351 e. The third-order valence-corrected chi connectivity index (χ3v) is 7.12. The van der Waals surface area contributed by atoms with Gasteiger partial charge in [0.1, 0.15) is 0 Å². The van der Waals surface area contributed by atoms with Crippen molar-refractivity contribution in [1.82, 2.24) is 10.2 Å². The average molecular weight is 432 g/mol. The summed E-state index contributed by atoms with van der Waals surface area (Å²) in [5, 5.41) is 3.67. The molecule has 7 nitrogen and oxygen atoms in total. The molecular weight excluding hydrogens is 402 g/mol. The number of fused-ring (bicyclic) bond motifs is 2. The van der Waals surface area contributed by atoms with E-state index in [0.29, 0.717) is 18.3 Å². The van der Waals surface area contributed by atoms with E-state index in [9.17, 15) is 9.59 Å². The minimum atomic E-state index is -1.23. The fraction of sp³-hybridized carbons (Fsp3) is 0.400. The van der Waals surface area contributed by atoms with E-state index < -0.39 is 11.7 Å². The van der Waals surface area contributed by atoms with Crippen LogP contribution in [-0.2, 0) is 4.79 Å². The fourth-order valence-electron chi connectivity index (χ4n) is 5.09. The van der Waals surface area contributed by atoms with E-state index in [4.69, 9.17) is 0 Å². The minimum absolute atomic E-state index is 0.115. The lowest BCUT2D eigenvalue weighted by molar-refractivity contribution is -0.132. The molecule has 166 valence electrons. The third-order valence-electron chi connectivity index (χ3n) is 7.12. The molecule has 0 saturated heterocycles. The molecule has 0 radical (unpaired) electrons. The molecule has 1 saturated carbocycles. The number of carbonyl (C=O) groups is 2. The van der Waals surface area contributed by atoms with Crippen molar-refractivity contribution in [3.63, 3.8) is 0 Å². The molecule has 1 unspecified atom stereocenters. The van der Waals surface area contributed by atoms with Gasteiger partial charge in [0.05, 0.1) is 11.4 Å². The van der Waals surface area contributed by atoms with Crippen molar-refractivity contribution in [1.29, 1.82) is 0 Å². The number of hydrogen-bond donors (Lipinski definition) is 1. The summed E-state index contributed by atoms with van der Waals surface area (Å²) in [7, 11) is 3.41. The van der Waals surface area contributed by atoms with E-state index in [2.05, 4.69) is 53.3 Å². The molecule has 1 fully saturated rings. The van der Waals surface area contributed by atoms with Gasteiger partial charge in [-0.3, -0.25) is 15.0 Å². The van der Waals surface area contributed by atoms with E-state index >= 15 is 0 Å². The third kappa shape index (κ3) is 2.80. The van der Waals surface area contributed by atoms with E-state index in [1.807, 2.05) is 37.1 Å². The zero-order valence-corrected chi connectivity index (χ0v) is 19.2. The van der Waals surface area contributed by atoms with Gasteiger partial charge in [0.15, 0.2) is 5.84 Å². The van der Waals surface area contributed by atoms with Gasteiger partial charge in [-0.1, -0.05) is 30.3 Å². The van der Waals surface area contributed by atoms with Gasteiger partial charge >= 0.3 is 6.03 Å². The quantitative estimate of drug-likeness (QED) is 0.804. The summed E-state index contributed by atoms with van der Waals surface area (Å²) in [6.45, 7) is 6.78. The molecule has 3 aliphatic rings. The average Bonchev–Trinajstić information content (AvgIpc) is 3.55. The van der Waals surface area contributed by atoms with Gasteiger partial charge in [0.2, 0.25) is 5.66 Å². The molecule has 2 aromatic carbocycles. The summed E-state index contributed by atoms with van der Waals surface area (Å²) in [4.78, 5) is 36.0. The normalized spacial score (nSPS) is 26.7. The summed E-state index contributed by atoms with van der Waals surface area (Å²) in [5.41, 5.74) is 4.27. The highest BCUT2D eigenvalue weighted by Crippen LogP contribution is 2.47. The molecule has 0 spiro atoms. The Balaban J connectivity index is 1.65. The number of imide groups is 1. The predicted molar refractivity (Wildman–Crippen MR) is 126 cm³/mol. The Morgan fingerprint density at radius 2 is 1.69 bits per heavy atom. The van der Waals surface area contributed by atoms with Crippen LogP contribution in [0.1, 0.15) is 36.0 Å². The standard InChI is InChI=1S/C25H29N5O2/c1-6-30-21-13-16(3)15(2)12-20(21)28(4)22-25(30,23(31)29(5)24(32)26-22)27-19-14-18(19)17-10-8-7-9-11-17/h7-13,18-19,27H,6,14H2,1-5H3/t18-,19+,25?/m0/s1. The largest absolute Gasteiger partial charge is 0.351 e. The highest BCUT2D eigenvalue weighted by Gasteiger charge is 2.61. The Bertz CT molecular complexity index is 1140. The van der Waals surface area contributed by atoms with E-state index in [1.54, 1.807) is 0 Å². The number of aryl methyl sites for hydroxylation is 2. The molecule has 7 heteroatoms. The molecule has 3 amide bonds. The number of nitrogens with zero attached hydrogens (tertiary/aromatic N) is 4. The molecule has 1 aliphatic carbocycles. The second-order valence-corrected chi connectivity index (χ2v) is 9.02. The molecule has 2 aliphatic heterocycles. The SMILES string of the molecule is CCN1c2cc(C)c(C)cc2N(C)C2=NC(=O)N(C)C(=O)C21N[C@@H]1C[C@H]1c1ccccc1. The number of amides is 3. The molecule has 0 aromatic heterocycles. The summed E-state index contributed by atoms with van der Waals surface area (Å²) < 4.78 is 0. The summed E-state index contributed by atoms with van der Waals surface area (Å²) in [5.74, 6) is 0.485. The smallest absolute Gasteiger partial charge is 0.338 e. The van der Waals surface area contributed by atoms with Gasteiger partial charge < -0.3 is 9.80 Å². The number of benzene rings is 2. The second kappa shape index (κ2) is 7.17. The minimum Gasteiger partial charge on any atom is -0.338 e. The Hall–Kier alpha value is -3.19. The number of nitrogens with one attached hydrogen (secondary N) is 1. The number of hydrogen-bond acceptors (Lipinski definition) is 5. The van der Waals surface area contributed by atoms with Crippen LogP contribution in [-0.4, -0.2) is 55.0 Å². The van der Waals surface area contributed by atoms with Gasteiger partial charge in [-0.25, -0.2) is 4.79 Å². The molecular formula is C25H29N5O2. The zero-order chi connectivity index (χ0) is 22.8. The lowest BCUT2D eigenvalue weighted by atomic mass is 9.93. The van der Waals surface area contributed by atoms with Crippen LogP contribution in [0, 0.1) is 13.8 Å². The lowest BCUT2D eigenvalue weighted by Crippen LogP contribution is -2.79. The number of amidine groups is 1. The first kappa shape index (κ1) is 20.7. The van der Waals surface area contributed by atoms with E-state index in [0.717, 1.165) is 33.8 Å². The summed E-state index contributed by atoms with van der Waals surface area (Å²) in [6.07, 6.45) is 0.936. The van der Waals surface area contributed by atoms with Crippen LogP contribution in [0.3, 0.4) is 0 Å². The molecule has 3 atom stereocenters. The molecule has 0 bridgehead atoms. The molecule has 32 heavy (non-hydrogen) atoms. The second-order valence-electron chi connectivity index (χ2n) is 9.02. The predicted octanol–water partition coefficient (Wildman–Crippen LogP) is 3.41. The fourth-order valence-corrected chi connectivity index (χ4v) is 5.09. The molecule has 2 aromatic rings. The number of rotatable bonds is 4. The summed E-state index contributed by atoms with van der Waals surface area (Å²) >= 11 is 0. The van der Waals surface area contributed by atoms with Gasteiger partial charge in [0.25, 0.3) is 5.91 Å². The highest BCUT2D eigenvalue weighted by atomic mass is 16.2. The molecule has 1 N–H and O–H groups in total. The molecule has 2 heterocycles. The van der Waals surface area contributed by atoms with E-state index in [1.165, 1.54) is 12.6 Å². The monoisotopic (exact) mass is 431 g/mol. The van der Waals surface area contributed by atoms with Gasteiger partial charge in [-0.2, -0.15) is 4.99 Å². The van der Waals surface area contributed by atoms with Crippen LogP contribution < -0.4 is 15.1 Å². The van der Waals surface area contributed by atoms with Crippen molar-refractivity contribution < 1.29 is 9.59 Å². The highest BCUT2D eigenvalue weighted by molar-refractivity contribution is 6.30. The van der Waals surface area contributed by atoms with Gasteiger partial charge in [0, 0.05) is 32.6 Å². The van der Waals surface area contributed by atoms with Crippen molar-refractivity contribution in [2.75, 3.05) is 30.4 Å². The van der Waals surface area contributed by atoms with Crippen LogP contribution in [0.25, 0.3) is 0 Å². The number of anilines is 2. The van der Waals surface area contributed by atoms with Crippen LogP contribution in [0.4, 0.5) is 16.2 Å². The van der Waals surface area contributed by atoms with Crippen LogP contribution in [0.2, 0.25) is 0 Å². The Kier molecular flexibility index (Phi) is 4.64. The van der Waals surface area contributed by atoms with Crippen molar-refractivity contribution >= 4 is 29.1 Å². The summed E-state index contributed by atoms with van der Waals surface area (Å²) in [6, 6.07) is 14.2. The maximum absolute atomic E-state index is 13.9. The first-order valence-corrected chi connectivity index (χ1v) is 11.2. The first-order chi connectivity index (χ1) is 15.3. The maximum atomic E-state index is 13.9. The number of urea groups is 1. The Morgan fingerprint density at radius 1 is 1.03 bits per heavy atom. The number of likely N-dealkylation sites (N-methyl/N-ethyl adjacent to an activating group) is 3. The Morgan fingerprint density at radius 3 is 2.34 bits per heavy atom. The first-order valence-electron chi connectivity index (χ1n) is 11.2. The van der Waals surface area contributed by atoms with Crippen LogP contribution in [0.15, 0.2) is 47.5 Å². The Labute approximate surface area is 188 Å². The van der Waals surface area contributed by atoms with Crippen LogP contribution >= 0.6 is 0 Å². The number of aliphatic imine (C=N–C) groups is 1. The topological polar surface area (TPSA) is 68.2 Å². The molecule has 5 rings (SSSR count).